The van der Waals surface area contributed by atoms with E-state index in [2.05, 4.69) is 15.3 Å². The van der Waals surface area contributed by atoms with Crippen LogP contribution in [0.5, 0.6) is 0 Å². The Bertz CT molecular complexity index is 991. The third kappa shape index (κ3) is 2.94. The van der Waals surface area contributed by atoms with Gasteiger partial charge in [0, 0.05) is 9.90 Å². The number of carbonyl (C=O) groups is 1. The summed E-state index contributed by atoms with van der Waals surface area (Å²) in [4.78, 5) is 21.6. The molecule has 0 saturated heterocycles. The van der Waals surface area contributed by atoms with Gasteiger partial charge in [-0.15, -0.1) is 11.3 Å². The summed E-state index contributed by atoms with van der Waals surface area (Å²) in [6, 6.07) is 4.40. The van der Waals surface area contributed by atoms with Gasteiger partial charge in [-0.05, 0) is 43.0 Å². The van der Waals surface area contributed by atoms with Crippen molar-refractivity contribution in [3.05, 3.63) is 45.8 Å². The minimum absolute atomic E-state index is 0.281. The van der Waals surface area contributed by atoms with Crippen LogP contribution in [0.15, 0.2) is 24.5 Å². The van der Waals surface area contributed by atoms with Crippen LogP contribution >= 0.6 is 22.9 Å². The first-order valence-corrected chi connectivity index (χ1v) is 8.92. The molecule has 0 spiro atoms. The molecular weight excluding hydrogens is 365 g/mol. The van der Waals surface area contributed by atoms with Gasteiger partial charge < -0.3 is 10.4 Å². The minimum Gasteiger partial charge on any atom is -0.481 e. The van der Waals surface area contributed by atoms with Gasteiger partial charge in [0.2, 0.25) is 0 Å². The molecule has 2 N–H and O–H groups in total. The van der Waals surface area contributed by atoms with Crippen molar-refractivity contribution < 1.29 is 14.3 Å². The van der Waals surface area contributed by atoms with E-state index in [1.165, 1.54) is 23.7 Å². The molecule has 0 radical (unpaired) electrons. The van der Waals surface area contributed by atoms with Crippen molar-refractivity contribution >= 4 is 50.6 Å². The number of halogens is 2. The van der Waals surface area contributed by atoms with Gasteiger partial charge in [-0.25, -0.2) is 14.4 Å². The molecular formula is C17H13ClFN3O2S. The number of nitrogens with one attached hydrogen (secondary N) is 1. The Labute approximate surface area is 151 Å². The highest BCUT2D eigenvalue weighted by molar-refractivity contribution is 7.19. The van der Waals surface area contributed by atoms with E-state index >= 15 is 0 Å². The van der Waals surface area contributed by atoms with Gasteiger partial charge in [0.25, 0.3) is 0 Å². The highest BCUT2D eigenvalue weighted by atomic mass is 35.5. The quantitative estimate of drug-likeness (QED) is 0.706. The monoisotopic (exact) mass is 377 g/mol. The molecule has 4 rings (SSSR count). The lowest BCUT2D eigenvalue weighted by Gasteiger charge is -2.18. The number of aryl methyl sites for hydroxylation is 1. The van der Waals surface area contributed by atoms with Crippen molar-refractivity contribution in [1.29, 1.82) is 0 Å². The first kappa shape index (κ1) is 16.2. The van der Waals surface area contributed by atoms with Gasteiger partial charge in [-0.1, -0.05) is 11.6 Å². The second kappa shape index (κ2) is 6.24. The van der Waals surface area contributed by atoms with Crippen LogP contribution in [0.2, 0.25) is 5.02 Å². The van der Waals surface area contributed by atoms with E-state index in [9.17, 15) is 14.3 Å². The van der Waals surface area contributed by atoms with Gasteiger partial charge in [-0.3, -0.25) is 4.79 Å². The lowest BCUT2D eigenvalue weighted by atomic mass is 9.88. The largest absolute Gasteiger partial charge is 0.481 e. The Kier molecular flexibility index (Phi) is 4.05. The van der Waals surface area contributed by atoms with E-state index in [4.69, 9.17) is 11.6 Å². The third-order valence-electron chi connectivity index (χ3n) is 4.38. The number of hydrogen-bond acceptors (Lipinski definition) is 5. The third-order valence-corrected chi connectivity index (χ3v) is 5.78. The molecule has 0 fully saturated rings. The van der Waals surface area contributed by atoms with Gasteiger partial charge >= 0.3 is 5.97 Å². The molecule has 0 amide bonds. The van der Waals surface area contributed by atoms with E-state index in [1.54, 1.807) is 12.1 Å². The average molecular weight is 378 g/mol. The fourth-order valence-electron chi connectivity index (χ4n) is 3.13. The Morgan fingerprint density at radius 2 is 2.24 bits per heavy atom. The summed E-state index contributed by atoms with van der Waals surface area (Å²) in [6.45, 7) is 0. The lowest BCUT2D eigenvalue weighted by Crippen LogP contribution is -2.21. The zero-order valence-corrected chi connectivity index (χ0v) is 14.5. The molecule has 0 saturated carbocycles. The fraction of sp³-hybridized carbons (Fsp3) is 0.235. The number of fused-ring (bicyclic) bond motifs is 3. The van der Waals surface area contributed by atoms with Crippen LogP contribution in [0, 0.1) is 11.7 Å². The number of benzene rings is 1. The summed E-state index contributed by atoms with van der Waals surface area (Å²) in [5.74, 6) is -1.07. The van der Waals surface area contributed by atoms with Crippen LogP contribution in [-0.2, 0) is 17.6 Å². The van der Waals surface area contributed by atoms with Crippen molar-refractivity contribution in [2.75, 3.05) is 5.32 Å². The number of aromatic nitrogens is 2. The zero-order chi connectivity index (χ0) is 17.6. The number of anilines is 2. The standard InChI is InChI=1S/C17H13ClFN3O2S/c18-9-2-4-12(11(19)6-9)22-15-14-10-3-1-8(17(23)24)5-13(10)25-16(14)21-7-20-15/h2,4,6-8H,1,3,5H2,(H,23,24)(H,20,21,22). The fourth-order valence-corrected chi connectivity index (χ4v) is 4.56. The number of rotatable bonds is 3. The van der Waals surface area contributed by atoms with Crippen molar-refractivity contribution in [2.24, 2.45) is 5.92 Å². The number of carboxylic acids is 1. The van der Waals surface area contributed by atoms with Gasteiger partial charge in [0.05, 0.1) is 17.0 Å². The number of carboxylic acid groups (broad SMARTS) is 1. The van der Waals surface area contributed by atoms with E-state index in [0.29, 0.717) is 30.1 Å². The van der Waals surface area contributed by atoms with E-state index in [-0.39, 0.29) is 11.6 Å². The van der Waals surface area contributed by atoms with Crippen LogP contribution in [0.4, 0.5) is 15.9 Å². The van der Waals surface area contributed by atoms with E-state index in [0.717, 1.165) is 20.7 Å². The molecule has 1 aliphatic rings. The molecule has 3 aromatic rings. The SMILES string of the molecule is O=C(O)C1CCc2c(sc3ncnc(Nc4ccc(Cl)cc4F)c23)C1. The predicted molar refractivity (Wildman–Crippen MR) is 95.3 cm³/mol. The second-order valence-corrected chi connectivity index (χ2v) is 7.45. The molecule has 2 aromatic heterocycles. The normalized spacial score (nSPS) is 16.6. The Balaban J connectivity index is 1.77. The molecule has 25 heavy (non-hydrogen) atoms. The molecule has 1 aromatic carbocycles. The molecule has 8 heteroatoms. The van der Waals surface area contributed by atoms with Gasteiger partial charge in [-0.2, -0.15) is 0 Å². The summed E-state index contributed by atoms with van der Waals surface area (Å²) in [5.41, 5.74) is 1.35. The summed E-state index contributed by atoms with van der Waals surface area (Å²) in [5, 5.41) is 13.4. The van der Waals surface area contributed by atoms with Crippen molar-refractivity contribution in [3.8, 4) is 0 Å². The van der Waals surface area contributed by atoms with Crippen molar-refractivity contribution in [2.45, 2.75) is 19.3 Å². The van der Waals surface area contributed by atoms with Crippen LogP contribution in [0.25, 0.3) is 10.2 Å². The molecule has 2 heterocycles. The van der Waals surface area contributed by atoms with Crippen LogP contribution < -0.4 is 5.32 Å². The van der Waals surface area contributed by atoms with Crippen LogP contribution in [-0.4, -0.2) is 21.0 Å². The predicted octanol–water partition coefficient (Wildman–Crippen LogP) is 4.42. The highest BCUT2D eigenvalue weighted by Crippen LogP contribution is 2.40. The summed E-state index contributed by atoms with van der Waals surface area (Å²) < 4.78 is 14.1. The number of thiophene rings is 1. The molecule has 0 aliphatic heterocycles. The lowest BCUT2D eigenvalue weighted by molar-refractivity contribution is -0.142. The summed E-state index contributed by atoms with van der Waals surface area (Å²) >= 11 is 7.27. The summed E-state index contributed by atoms with van der Waals surface area (Å²) in [6.07, 6.45) is 3.16. The minimum atomic E-state index is -0.768. The molecule has 1 atom stereocenters. The topological polar surface area (TPSA) is 75.1 Å². The maximum Gasteiger partial charge on any atom is 0.306 e. The maximum absolute atomic E-state index is 14.1. The first-order chi connectivity index (χ1) is 12.0. The van der Waals surface area contributed by atoms with Crippen LogP contribution in [0.1, 0.15) is 16.9 Å². The molecule has 0 bridgehead atoms. The zero-order valence-electron chi connectivity index (χ0n) is 12.9. The smallest absolute Gasteiger partial charge is 0.306 e. The number of aliphatic carboxylic acids is 1. The van der Waals surface area contributed by atoms with Crippen molar-refractivity contribution in [3.63, 3.8) is 0 Å². The van der Waals surface area contributed by atoms with Crippen molar-refractivity contribution in [1.82, 2.24) is 9.97 Å². The molecule has 128 valence electrons. The molecule has 1 unspecified atom stereocenters. The molecule has 1 aliphatic carbocycles. The maximum atomic E-state index is 14.1. The first-order valence-electron chi connectivity index (χ1n) is 7.73. The van der Waals surface area contributed by atoms with Gasteiger partial charge in [0.1, 0.15) is 22.8 Å². The second-order valence-electron chi connectivity index (χ2n) is 5.93. The average Bonchev–Trinajstić information content (AvgIpc) is 2.95. The Morgan fingerprint density at radius 3 is 3.00 bits per heavy atom. The van der Waals surface area contributed by atoms with Gasteiger partial charge in [0.15, 0.2) is 0 Å². The van der Waals surface area contributed by atoms with Crippen LogP contribution in [0.3, 0.4) is 0 Å². The molecule has 5 nitrogen and oxygen atoms in total. The highest BCUT2D eigenvalue weighted by Gasteiger charge is 2.28. The van der Waals surface area contributed by atoms with E-state index < -0.39 is 11.8 Å². The van der Waals surface area contributed by atoms with E-state index in [1.807, 2.05) is 0 Å². The Morgan fingerprint density at radius 1 is 1.40 bits per heavy atom. The summed E-state index contributed by atoms with van der Waals surface area (Å²) in [7, 11) is 0. The number of nitrogens with zero attached hydrogens (tertiary/aromatic N) is 2. The Hall–Kier alpha value is -2.25. The number of hydrogen-bond donors (Lipinski definition) is 2.